The van der Waals surface area contributed by atoms with Gasteiger partial charge < -0.3 is 35.3 Å². The van der Waals surface area contributed by atoms with Gasteiger partial charge in [0.05, 0.1) is 30.2 Å². The Morgan fingerprint density at radius 2 is 1.74 bits per heavy atom. The smallest absolute Gasteiger partial charge is 0.267 e. The third-order valence-corrected chi connectivity index (χ3v) is 8.25. The van der Waals surface area contributed by atoms with Crippen LogP contribution in [0.1, 0.15) is 56.9 Å². The maximum atomic E-state index is 13.2. The molecule has 50 heavy (non-hydrogen) atoms. The van der Waals surface area contributed by atoms with Gasteiger partial charge in [0.15, 0.2) is 11.4 Å². The number of aromatic nitrogens is 2. The number of Topliss-reactive ketones (excluding diaryl/α,β-unsaturated/α-hetero) is 2. The number of ether oxygens (including phenoxy) is 1. The van der Waals surface area contributed by atoms with Gasteiger partial charge in [0, 0.05) is 51.4 Å². The van der Waals surface area contributed by atoms with Crippen LogP contribution in [0.3, 0.4) is 0 Å². The fourth-order valence-corrected chi connectivity index (χ4v) is 5.67. The molecule has 6 N–H and O–H groups in total. The van der Waals surface area contributed by atoms with E-state index in [1.807, 2.05) is 24.3 Å². The maximum absolute atomic E-state index is 13.2. The van der Waals surface area contributed by atoms with Crippen LogP contribution < -0.4 is 16.4 Å². The highest BCUT2D eigenvalue weighted by molar-refractivity contribution is 6.06. The van der Waals surface area contributed by atoms with E-state index in [9.17, 15) is 24.3 Å². The number of nitrogens with zero attached hydrogens (tertiary/aromatic N) is 2. The molecule has 0 radical (unpaired) electrons. The van der Waals surface area contributed by atoms with E-state index < -0.39 is 17.5 Å². The molecule has 0 saturated heterocycles. The minimum atomic E-state index is -1.75. The number of amides is 2. The summed E-state index contributed by atoms with van der Waals surface area (Å²) in [4.78, 5) is 51.5. The first kappa shape index (κ1) is 35.4. The fraction of sp³-hybridized carbons (Fsp3) is 0.289. The molecule has 2 aliphatic carbocycles. The molecule has 2 atom stereocenters. The van der Waals surface area contributed by atoms with Crippen LogP contribution in [0, 0.1) is 29.1 Å². The lowest BCUT2D eigenvalue weighted by atomic mass is 9.81. The Balaban J connectivity index is 1.14. The molecular formula is C38H38N6O6. The molecule has 0 fully saturated rings. The SMILES string of the molecule is Cn1cc(NC(=O)Cc2ccc(CO[C@H]3C#C/C=C\C#C[C@]4(O)CCC=C3C4=O)cc2)cc1C(=O)Cc1cc(C(=O)NCCC(=N)N)n(C)c1. The molecule has 3 aromatic rings. The van der Waals surface area contributed by atoms with Crippen molar-refractivity contribution < 1.29 is 29.0 Å². The predicted octanol–water partition coefficient (Wildman–Crippen LogP) is 2.51. The number of aryl methyl sites for hydroxylation is 2. The molecule has 0 saturated carbocycles. The van der Waals surface area contributed by atoms with Crippen LogP contribution in [0.15, 0.2) is 72.6 Å². The predicted molar refractivity (Wildman–Crippen MR) is 187 cm³/mol. The van der Waals surface area contributed by atoms with Gasteiger partial charge in [-0.15, -0.1) is 0 Å². The number of amidine groups is 1. The molecule has 2 aromatic heterocycles. The minimum absolute atomic E-state index is 0.0150. The molecule has 12 nitrogen and oxygen atoms in total. The van der Waals surface area contributed by atoms with Gasteiger partial charge in [-0.05, 0) is 53.8 Å². The number of aliphatic hydroxyl groups is 1. The number of anilines is 1. The Hall–Kier alpha value is -5.95. The van der Waals surface area contributed by atoms with E-state index >= 15 is 0 Å². The molecule has 0 unspecified atom stereocenters. The average molecular weight is 675 g/mol. The lowest BCUT2D eigenvalue weighted by molar-refractivity contribution is -0.130. The van der Waals surface area contributed by atoms with Crippen molar-refractivity contribution in [2.24, 2.45) is 19.8 Å². The number of nitrogens with two attached hydrogens (primary N) is 1. The van der Waals surface area contributed by atoms with E-state index in [1.165, 1.54) is 6.08 Å². The highest BCUT2D eigenvalue weighted by Crippen LogP contribution is 2.28. The fourth-order valence-electron chi connectivity index (χ4n) is 5.67. The van der Waals surface area contributed by atoms with E-state index in [-0.39, 0.29) is 62.3 Å². The number of ketones is 2. The van der Waals surface area contributed by atoms with Crippen LogP contribution >= 0.6 is 0 Å². The molecule has 0 aliphatic heterocycles. The third-order valence-electron chi connectivity index (χ3n) is 8.25. The molecule has 256 valence electrons. The van der Waals surface area contributed by atoms with Crippen molar-refractivity contribution in [2.45, 2.75) is 50.4 Å². The molecule has 2 heterocycles. The van der Waals surface area contributed by atoms with Gasteiger partial charge in [0.25, 0.3) is 5.91 Å². The van der Waals surface area contributed by atoms with E-state index in [0.29, 0.717) is 34.6 Å². The molecule has 2 amide bonds. The number of hydrogen-bond acceptors (Lipinski definition) is 7. The number of carbonyl (C=O) groups is 4. The van der Waals surface area contributed by atoms with Crippen LogP contribution in [-0.4, -0.2) is 61.7 Å². The summed E-state index contributed by atoms with van der Waals surface area (Å²) in [6, 6.07) is 10.6. The van der Waals surface area contributed by atoms with Gasteiger partial charge in [-0.1, -0.05) is 54.0 Å². The van der Waals surface area contributed by atoms with Crippen molar-refractivity contribution in [3.05, 3.63) is 101 Å². The second kappa shape index (κ2) is 15.5. The molecule has 2 aliphatic rings. The number of hydrogen-bond donors (Lipinski definition) is 5. The van der Waals surface area contributed by atoms with Crippen molar-refractivity contribution in [3.8, 4) is 23.7 Å². The van der Waals surface area contributed by atoms with Gasteiger partial charge in [-0.3, -0.25) is 24.6 Å². The van der Waals surface area contributed by atoms with Crippen LogP contribution in [0.2, 0.25) is 0 Å². The van der Waals surface area contributed by atoms with E-state index in [2.05, 4.69) is 34.3 Å². The first-order chi connectivity index (χ1) is 23.9. The second-order valence-electron chi connectivity index (χ2n) is 12.2. The molecule has 5 rings (SSSR count). The Labute approximate surface area is 289 Å². The normalized spacial score (nSPS) is 18.4. The van der Waals surface area contributed by atoms with Crippen molar-refractivity contribution in [3.63, 3.8) is 0 Å². The van der Waals surface area contributed by atoms with Gasteiger partial charge in [0.1, 0.15) is 11.8 Å². The number of fused-ring (bicyclic) bond motifs is 2. The lowest BCUT2D eigenvalue weighted by Gasteiger charge is -2.28. The standard InChI is InChI=1S/C38H38N6O6/c1-43-22-27(18-31(43)37(48)41-17-14-34(39)40)19-32(45)30-21-28(23-44(30)2)42-35(46)20-25-10-12-26(13-11-25)24-50-33-9-5-3-4-6-15-38(49)16-7-8-29(33)36(38)47/h3-4,8,10-13,18,21-23,33,49H,7,14,16-17,19-20,24H2,1-2H3,(H3,39,40)(H,41,48)(H,42,46)/b4-3-/t33-,38-/m0/s1. The second-order valence-corrected chi connectivity index (χ2v) is 12.2. The van der Waals surface area contributed by atoms with Crippen LogP contribution in [-0.2, 0) is 47.9 Å². The maximum Gasteiger partial charge on any atom is 0.267 e. The third kappa shape index (κ3) is 8.74. The number of benzene rings is 1. The summed E-state index contributed by atoms with van der Waals surface area (Å²) in [6.45, 7) is 0.400. The summed E-state index contributed by atoms with van der Waals surface area (Å²) in [7, 11) is 3.44. The van der Waals surface area contributed by atoms with Gasteiger partial charge in [-0.2, -0.15) is 0 Å². The highest BCUT2D eigenvalue weighted by Gasteiger charge is 2.40. The molecule has 0 spiro atoms. The van der Waals surface area contributed by atoms with E-state index in [4.69, 9.17) is 15.9 Å². The number of allylic oxidation sites excluding steroid dienone is 3. The van der Waals surface area contributed by atoms with Crippen molar-refractivity contribution >= 4 is 34.9 Å². The van der Waals surface area contributed by atoms with Gasteiger partial charge >= 0.3 is 0 Å². The summed E-state index contributed by atoms with van der Waals surface area (Å²) < 4.78 is 9.31. The summed E-state index contributed by atoms with van der Waals surface area (Å²) >= 11 is 0. The van der Waals surface area contributed by atoms with E-state index in [1.54, 1.807) is 59.9 Å². The Bertz CT molecular complexity index is 2030. The van der Waals surface area contributed by atoms with E-state index in [0.717, 1.165) is 11.1 Å². The first-order valence-electron chi connectivity index (χ1n) is 16.0. The minimum Gasteiger partial charge on any atom is -0.388 e. The number of carbonyl (C=O) groups excluding carboxylic acids is 4. The average Bonchev–Trinajstić information content (AvgIpc) is 3.62. The Morgan fingerprint density at radius 1 is 1.02 bits per heavy atom. The summed E-state index contributed by atoms with van der Waals surface area (Å²) in [6.07, 6.45) is 8.47. The van der Waals surface area contributed by atoms with Crippen molar-refractivity contribution in [1.82, 2.24) is 14.5 Å². The largest absolute Gasteiger partial charge is 0.388 e. The first-order valence-corrected chi connectivity index (χ1v) is 16.0. The monoisotopic (exact) mass is 674 g/mol. The van der Waals surface area contributed by atoms with Crippen LogP contribution in [0.4, 0.5) is 5.69 Å². The molecule has 12 heteroatoms. The topological polar surface area (TPSA) is 182 Å². The van der Waals surface area contributed by atoms with Crippen LogP contribution in [0.5, 0.6) is 0 Å². The number of rotatable bonds is 13. The molecular weight excluding hydrogens is 636 g/mol. The Morgan fingerprint density at radius 3 is 2.50 bits per heavy atom. The zero-order chi connectivity index (χ0) is 35.8. The van der Waals surface area contributed by atoms with Crippen LogP contribution in [0.25, 0.3) is 0 Å². The summed E-state index contributed by atoms with van der Waals surface area (Å²) in [5, 5.41) is 23.6. The Kier molecular flexibility index (Phi) is 11.0. The van der Waals surface area contributed by atoms with Gasteiger partial charge in [-0.25, -0.2) is 0 Å². The highest BCUT2D eigenvalue weighted by atomic mass is 16.5. The molecule has 1 aromatic carbocycles. The van der Waals surface area contributed by atoms with Crippen molar-refractivity contribution in [2.75, 3.05) is 11.9 Å². The summed E-state index contributed by atoms with van der Waals surface area (Å²) in [5.41, 5.74) is 7.40. The zero-order valence-electron chi connectivity index (χ0n) is 27.8. The van der Waals surface area contributed by atoms with Crippen molar-refractivity contribution in [1.29, 1.82) is 5.41 Å². The lowest BCUT2D eigenvalue weighted by Crippen LogP contribution is -2.43. The summed E-state index contributed by atoms with van der Waals surface area (Å²) in [5.74, 6) is 9.85. The quantitative estimate of drug-likeness (QED) is 0.0799. The number of nitrogens with one attached hydrogen (secondary N) is 3. The zero-order valence-corrected chi connectivity index (χ0v) is 27.8. The molecule has 2 bridgehead atoms. The van der Waals surface area contributed by atoms with Gasteiger partial charge in [0.2, 0.25) is 11.7 Å².